The number of nitrogens with zero attached hydrogens (tertiary/aromatic N) is 1. The van der Waals surface area contributed by atoms with E-state index < -0.39 is 30.7 Å². The minimum atomic E-state index is -4.84. The Hall–Kier alpha value is -2.03. The lowest BCUT2D eigenvalue weighted by atomic mass is 10.3. The van der Waals surface area contributed by atoms with E-state index in [1.165, 1.54) is 19.2 Å². The molecule has 0 radical (unpaired) electrons. The number of methoxy groups -OCH3 is 1. The number of carbonyl (C=O) groups excluding carboxylic acids is 1. The highest BCUT2D eigenvalue weighted by atomic mass is 19.4. The van der Waals surface area contributed by atoms with Crippen LogP contribution in [0, 0.1) is 5.82 Å². The van der Waals surface area contributed by atoms with Crippen molar-refractivity contribution in [3.8, 4) is 5.75 Å². The Morgan fingerprint density at radius 1 is 1.48 bits per heavy atom. The highest BCUT2D eigenvalue weighted by Gasteiger charge is 2.39. The molecule has 0 heterocycles. The third-order valence-electron chi connectivity index (χ3n) is 2.59. The maximum absolute atomic E-state index is 13.5. The zero-order valence-corrected chi connectivity index (χ0v) is 11.2. The summed E-state index contributed by atoms with van der Waals surface area (Å²) in [5, 5.41) is 11.0. The van der Waals surface area contributed by atoms with Crippen LogP contribution < -0.4 is 10.1 Å². The van der Waals surface area contributed by atoms with Gasteiger partial charge in [-0.15, -0.1) is 0 Å². The average Bonchev–Trinajstić information content (AvgIpc) is 2.39. The second-order valence-corrected chi connectivity index (χ2v) is 4.21. The van der Waals surface area contributed by atoms with Crippen LogP contribution >= 0.6 is 0 Å². The molecule has 0 saturated heterocycles. The van der Waals surface area contributed by atoms with E-state index in [0.717, 1.165) is 13.1 Å². The fourth-order valence-corrected chi connectivity index (χ4v) is 1.38. The van der Waals surface area contributed by atoms with E-state index in [1.54, 1.807) is 0 Å². The summed E-state index contributed by atoms with van der Waals surface area (Å²) >= 11 is 0. The van der Waals surface area contributed by atoms with Crippen LogP contribution in [0.3, 0.4) is 0 Å². The second-order valence-electron chi connectivity index (χ2n) is 4.21. The Morgan fingerprint density at radius 2 is 2.10 bits per heavy atom. The first-order valence-electron chi connectivity index (χ1n) is 5.75. The van der Waals surface area contributed by atoms with E-state index in [1.807, 2.05) is 0 Å². The zero-order valence-electron chi connectivity index (χ0n) is 11.2. The van der Waals surface area contributed by atoms with Gasteiger partial charge in [-0.05, 0) is 12.1 Å². The van der Waals surface area contributed by atoms with E-state index in [4.69, 9.17) is 9.84 Å². The Morgan fingerprint density at radius 3 is 2.62 bits per heavy atom. The zero-order chi connectivity index (χ0) is 16.2. The van der Waals surface area contributed by atoms with Gasteiger partial charge in [-0.1, -0.05) is 0 Å². The molecule has 1 aromatic carbocycles. The minimum absolute atomic E-state index is 0.243. The van der Waals surface area contributed by atoms with Crippen LogP contribution in [-0.4, -0.2) is 49.0 Å². The molecule has 9 heteroatoms. The second kappa shape index (κ2) is 6.61. The topological polar surface area (TPSA) is 61.8 Å². The summed E-state index contributed by atoms with van der Waals surface area (Å²) in [5.74, 6) is -0.501. The molecule has 0 saturated carbocycles. The molecule has 5 nitrogen and oxygen atoms in total. The van der Waals surface area contributed by atoms with E-state index in [-0.39, 0.29) is 11.4 Å². The number of alkyl halides is 3. The van der Waals surface area contributed by atoms with Crippen LogP contribution in [0.15, 0.2) is 18.2 Å². The van der Waals surface area contributed by atoms with Gasteiger partial charge in [0.2, 0.25) is 0 Å². The summed E-state index contributed by atoms with van der Waals surface area (Å²) in [4.78, 5) is 12.2. The van der Waals surface area contributed by atoms with Crippen LogP contribution in [-0.2, 0) is 0 Å². The monoisotopic (exact) mass is 310 g/mol. The number of carbonyl (C=O) groups is 1. The average molecular weight is 310 g/mol. The number of benzene rings is 1. The fourth-order valence-electron chi connectivity index (χ4n) is 1.38. The first-order valence-corrected chi connectivity index (χ1v) is 5.75. The number of anilines is 1. The number of aliphatic hydroxyl groups excluding tert-OH is 1. The van der Waals surface area contributed by atoms with Crippen LogP contribution in [0.1, 0.15) is 0 Å². The van der Waals surface area contributed by atoms with Gasteiger partial charge < -0.3 is 20.1 Å². The molecule has 1 aromatic rings. The number of nitrogens with one attached hydrogen (secondary N) is 1. The van der Waals surface area contributed by atoms with E-state index in [9.17, 15) is 22.4 Å². The molecule has 1 atom stereocenters. The number of likely N-dealkylation sites (N-methyl/N-ethyl adjacent to an activating group) is 1. The lowest BCUT2D eigenvalue weighted by Gasteiger charge is -2.22. The fraction of sp³-hybridized carbons (Fsp3) is 0.417. The first-order chi connectivity index (χ1) is 9.65. The maximum atomic E-state index is 13.5. The van der Waals surface area contributed by atoms with Crippen molar-refractivity contribution in [1.29, 1.82) is 0 Å². The Labute approximate surface area is 118 Å². The van der Waals surface area contributed by atoms with Crippen LogP contribution in [0.5, 0.6) is 5.75 Å². The first kappa shape index (κ1) is 17.0. The van der Waals surface area contributed by atoms with Crippen molar-refractivity contribution in [3.63, 3.8) is 0 Å². The maximum Gasteiger partial charge on any atom is 0.416 e. The van der Waals surface area contributed by atoms with Gasteiger partial charge in [-0.3, -0.25) is 0 Å². The molecule has 2 amide bonds. The van der Waals surface area contributed by atoms with Crippen molar-refractivity contribution >= 4 is 11.7 Å². The normalized spacial score (nSPS) is 12.7. The van der Waals surface area contributed by atoms with Gasteiger partial charge in [0.25, 0.3) is 0 Å². The van der Waals surface area contributed by atoms with Gasteiger partial charge in [0, 0.05) is 13.1 Å². The van der Waals surface area contributed by atoms with Crippen molar-refractivity contribution in [2.75, 3.05) is 26.0 Å². The molecule has 1 unspecified atom stereocenters. The molecule has 0 aromatic heterocycles. The van der Waals surface area contributed by atoms with Gasteiger partial charge in [0.15, 0.2) is 6.10 Å². The largest absolute Gasteiger partial charge is 0.497 e. The van der Waals surface area contributed by atoms with Gasteiger partial charge in [0.05, 0.1) is 19.3 Å². The highest BCUT2D eigenvalue weighted by Crippen LogP contribution is 2.22. The molecule has 0 spiro atoms. The molecule has 0 aliphatic carbocycles. The molecule has 0 bridgehead atoms. The Balaban J connectivity index is 2.72. The van der Waals surface area contributed by atoms with Crippen LogP contribution in [0.4, 0.5) is 28.0 Å². The van der Waals surface area contributed by atoms with Crippen LogP contribution in [0.2, 0.25) is 0 Å². The molecular weight excluding hydrogens is 296 g/mol. The minimum Gasteiger partial charge on any atom is -0.497 e. The molecule has 2 N–H and O–H groups in total. The van der Waals surface area contributed by atoms with Gasteiger partial charge in [-0.25, -0.2) is 9.18 Å². The predicted octanol–water partition coefficient (Wildman–Crippen LogP) is 2.22. The summed E-state index contributed by atoms with van der Waals surface area (Å²) in [6, 6.07) is 2.55. The summed E-state index contributed by atoms with van der Waals surface area (Å²) in [5.41, 5.74) is -0.243. The van der Waals surface area contributed by atoms with Crippen molar-refractivity contribution in [2.45, 2.75) is 12.3 Å². The number of halogens is 4. The number of hydrogen-bond donors (Lipinski definition) is 2. The molecule has 118 valence electrons. The molecular formula is C12H14F4N2O3. The van der Waals surface area contributed by atoms with Crippen molar-refractivity contribution < 1.29 is 32.2 Å². The SMILES string of the molecule is COc1ccc(F)c(NC(=O)N(C)CC(O)C(F)(F)F)c1. The van der Waals surface area contributed by atoms with Crippen molar-refractivity contribution in [3.05, 3.63) is 24.0 Å². The summed E-state index contributed by atoms with van der Waals surface area (Å²) in [6.45, 7) is -0.971. The number of hydrogen-bond acceptors (Lipinski definition) is 3. The van der Waals surface area contributed by atoms with Crippen LogP contribution in [0.25, 0.3) is 0 Å². The lowest BCUT2D eigenvalue weighted by molar-refractivity contribution is -0.205. The van der Waals surface area contributed by atoms with Crippen molar-refractivity contribution in [2.24, 2.45) is 0 Å². The van der Waals surface area contributed by atoms with Crippen molar-refractivity contribution in [1.82, 2.24) is 4.90 Å². The number of aliphatic hydroxyl groups is 1. The molecule has 0 aliphatic rings. The van der Waals surface area contributed by atoms with Gasteiger partial charge >= 0.3 is 12.2 Å². The number of ether oxygens (including phenoxy) is 1. The van der Waals surface area contributed by atoms with E-state index in [2.05, 4.69) is 5.32 Å². The summed E-state index contributed by atoms with van der Waals surface area (Å²) in [6.07, 6.45) is -7.51. The predicted molar refractivity (Wildman–Crippen MR) is 66.7 cm³/mol. The molecule has 0 aliphatic heterocycles. The van der Waals surface area contributed by atoms with Gasteiger partial charge in [0.1, 0.15) is 11.6 Å². The Kier molecular flexibility index (Phi) is 5.36. The highest BCUT2D eigenvalue weighted by molar-refractivity contribution is 5.89. The third-order valence-corrected chi connectivity index (χ3v) is 2.59. The smallest absolute Gasteiger partial charge is 0.416 e. The summed E-state index contributed by atoms with van der Waals surface area (Å²) < 4.78 is 54.8. The molecule has 0 fully saturated rings. The number of amides is 2. The molecule has 1 rings (SSSR count). The third kappa shape index (κ3) is 4.78. The number of urea groups is 1. The lowest BCUT2D eigenvalue weighted by Crippen LogP contribution is -2.43. The van der Waals surface area contributed by atoms with E-state index in [0.29, 0.717) is 4.90 Å². The van der Waals surface area contributed by atoms with E-state index >= 15 is 0 Å². The molecule has 21 heavy (non-hydrogen) atoms. The quantitative estimate of drug-likeness (QED) is 0.838. The standard InChI is InChI=1S/C12H14F4N2O3/c1-18(6-10(19)12(14,15)16)11(20)17-9-5-7(21-2)3-4-8(9)13/h3-5,10,19H,6H2,1-2H3,(H,17,20). The number of rotatable bonds is 4. The Bertz CT molecular complexity index is 508. The van der Waals surface area contributed by atoms with Gasteiger partial charge in [-0.2, -0.15) is 13.2 Å². The summed E-state index contributed by atoms with van der Waals surface area (Å²) in [7, 11) is 2.38.